The number of rotatable bonds is 5. The zero-order chi connectivity index (χ0) is 17.2. The van der Waals surface area contributed by atoms with Gasteiger partial charge in [-0.1, -0.05) is 24.3 Å². The van der Waals surface area contributed by atoms with Crippen LogP contribution in [0.3, 0.4) is 0 Å². The van der Waals surface area contributed by atoms with E-state index in [2.05, 4.69) is 4.72 Å². The van der Waals surface area contributed by atoms with E-state index in [4.69, 9.17) is 9.47 Å². The molecule has 8 heteroatoms. The van der Waals surface area contributed by atoms with Crippen LogP contribution < -0.4 is 19.3 Å². The van der Waals surface area contributed by atoms with E-state index in [1.165, 1.54) is 18.2 Å². The number of hydrogen-bond donors (Lipinski definition) is 1. The summed E-state index contributed by atoms with van der Waals surface area (Å²) >= 11 is 0. The topological polar surface area (TPSA) is 105 Å². The number of para-hydroxylation sites is 2. The minimum Gasteiger partial charge on any atom is -0.545 e. The van der Waals surface area contributed by atoms with Crippen molar-refractivity contribution in [2.24, 2.45) is 0 Å². The molecule has 1 aliphatic heterocycles. The van der Waals surface area contributed by atoms with Crippen LogP contribution in [0.15, 0.2) is 53.4 Å². The molecule has 0 aliphatic carbocycles. The summed E-state index contributed by atoms with van der Waals surface area (Å²) < 4.78 is 38.1. The maximum atomic E-state index is 12.3. The van der Waals surface area contributed by atoms with Crippen molar-refractivity contribution < 1.29 is 27.8 Å². The number of fused-ring (bicyclic) bond motifs is 1. The van der Waals surface area contributed by atoms with E-state index in [0.29, 0.717) is 11.5 Å². The van der Waals surface area contributed by atoms with Gasteiger partial charge in [-0.15, -0.1) is 0 Å². The largest absolute Gasteiger partial charge is 0.545 e. The van der Waals surface area contributed by atoms with Crippen LogP contribution in [0.4, 0.5) is 0 Å². The van der Waals surface area contributed by atoms with Gasteiger partial charge in [0.15, 0.2) is 11.5 Å². The van der Waals surface area contributed by atoms with Gasteiger partial charge in [0.25, 0.3) is 0 Å². The van der Waals surface area contributed by atoms with E-state index in [1.54, 1.807) is 18.2 Å². The van der Waals surface area contributed by atoms with Gasteiger partial charge in [0, 0.05) is 0 Å². The monoisotopic (exact) mass is 348 g/mol. The number of nitrogens with one attached hydrogen (secondary N) is 1. The Kier molecular flexibility index (Phi) is 4.41. The van der Waals surface area contributed by atoms with E-state index in [9.17, 15) is 18.3 Å². The van der Waals surface area contributed by atoms with E-state index in [-0.39, 0.29) is 23.6 Å². The van der Waals surface area contributed by atoms with Gasteiger partial charge in [0.1, 0.15) is 12.7 Å². The molecule has 1 aliphatic rings. The van der Waals surface area contributed by atoms with Crippen molar-refractivity contribution in [3.8, 4) is 11.5 Å². The van der Waals surface area contributed by atoms with Gasteiger partial charge in [-0.2, -0.15) is 0 Å². The molecule has 0 aromatic heterocycles. The smallest absolute Gasteiger partial charge is 0.240 e. The maximum absolute atomic E-state index is 12.3. The number of benzene rings is 2. The van der Waals surface area contributed by atoms with Gasteiger partial charge in [-0.3, -0.25) is 0 Å². The van der Waals surface area contributed by atoms with Crippen LogP contribution in [0, 0.1) is 0 Å². The fourth-order valence-electron chi connectivity index (χ4n) is 2.24. The van der Waals surface area contributed by atoms with Gasteiger partial charge in [0.05, 0.1) is 17.4 Å². The molecule has 0 bridgehead atoms. The molecule has 24 heavy (non-hydrogen) atoms. The van der Waals surface area contributed by atoms with Gasteiger partial charge in [-0.05, 0) is 29.8 Å². The van der Waals surface area contributed by atoms with Crippen molar-refractivity contribution in [2.75, 3.05) is 13.2 Å². The summed E-state index contributed by atoms with van der Waals surface area (Å²) in [5.41, 5.74) is -0.205. The summed E-state index contributed by atoms with van der Waals surface area (Å²) in [5, 5.41) is 10.8. The molecule has 0 fully saturated rings. The highest BCUT2D eigenvalue weighted by Crippen LogP contribution is 2.30. The van der Waals surface area contributed by atoms with Crippen LogP contribution in [0.1, 0.15) is 10.4 Å². The van der Waals surface area contributed by atoms with Crippen molar-refractivity contribution >= 4 is 16.0 Å². The normalized spacial score (nSPS) is 16.6. The minimum absolute atomic E-state index is 0.00772. The van der Waals surface area contributed by atoms with E-state index >= 15 is 0 Å². The van der Waals surface area contributed by atoms with E-state index in [1.807, 2.05) is 6.07 Å². The summed E-state index contributed by atoms with van der Waals surface area (Å²) in [4.78, 5) is 10.7. The maximum Gasteiger partial charge on any atom is 0.240 e. The van der Waals surface area contributed by atoms with Crippen LogP contribution in [-0.2, 0) is 10.0 Å². The minimum atomic E-state index is -3.87. The molecule has 0 saturated heterocycles. The molecule has 0 saturated carbocycles. The first-order valence-corrected chi connectivity index (χ1v) is 8.63. The Morgan fingerprint density at radius 2 is 1.92 bits per heavy atom. The predicted octanol–water partition coefficient (Wildman–Crippen LogP) is 0.168. The number of carboxylic acid groups (broad SMARTS) is 1. The molecular weight excluding hydrogens is 334 g/mol. The summed E-state index contributed by atoms with van der Waals surface area (Å²) in [6.45, 7) is 0.199. The van der Waals surface area contributed by atoms with Crippen molar-refractivity contribution in [3.05, 3.63) is 54.1 Å². The lowest BCUT2D eigenvalue weighted by atomic mass is 10.2. The van der Waals surface area contributed by atoms with Crippen molar-refractivity contribution in [2.45, 2.75) is 11.0 Å². The van der Waals surface area contributed by atoms with Crippen LogP contribution in [0.25, 0.3) is 0 Å². The highest BCUT2D eigenvalue weighted by molar-refractivity contribution is 7.89. The van der Waals surface area contributed by atoms with Crippen LogP contribution in [-0.4, -0.2) is 33.6 Å². The van der Waals surface area contributed by atoms with Crippen molar-refractivity contribution in [1.82, 2.24) is 4.72 Å². The number of sulfonamides is 1. The van der Waals surface area contributed by atoms with Crippen LogP contribution in [0.5, 0.6) is 11.5 Å². The summed E-state index contributed by atoms with van der Waals surface area (Å²) in [7, 11) is -3.87. The second-order valence-electron chi connectivity index (χ2n) is 5.16. The predicted molar refractivity (Wildman–Crippen MR) is 82.3 cm³/mol. The van der Waals surface area contributed by atoms with Gasteiger partial charge in [0.2, 0.25) is 10.0 Å². The number of aromatic carboxylic acids is 1. The molecule has 3 rings (SSSR count). The molecule has 2 aromatic carbocycles. The Balaban J connectivity index is 1.68. The average molecular weight is 348 g/mol. The molecule has 0 amide bonds. The fourth-order valence-corrected chi connectivity index (χ4v) is 3.35. The molecule has 1 atom stereocenters. The van der Waals surface area contributed by atoms with Crippen LogP contribution in [0.2, 0.25) is 0 Å². The van der Waals surface area contributed by atoms with E-state index in [0.717, 1.165) is 6.07 Å². The Labute approximate surface area is 138 Å². The van der Waals surface area contributed by atoms with Crippen molar-refractivity contribution in [3.63, 3.8) is 0 Å². The first-order chi connectivity index (χ1) is 11.5. The second kappa shape index (κ2) is 6.50. The van der Waals surface area contributed by atoms with Crippen molar-refractivity contribution in [1.29, 1.82) is 0 Å². The molecule has 2 aromatic rings. The quantitative estimate of drug-likeness (QED) is 0.826. The third-order valence-corrected chi connectivity index (χ3v) is 4.87. The molecule has 0 unspecified atom stereocenters. The lowest BCUT2D eigenvalue weighted by molar-refractivity contribution is -0.255. The number of carbonyl (C=O) groups is 1. The standard InChI is InChI=1S/C16H15NO6S/c18-16(19)11-4-3-5-13(8-11)24(20,21)17-9-12-10-22-14-6-1-2-7-15(14)23-12/h1-8,12,17H,9-10H2,(H,18,19)/p-1/t12-/m1/s1. The third kappa shape index (κ3) is 3.50. The van der Waals surface area contributed by atoms with Gasteiger partial charge in [-0.25, -0.2) is 13.1 Å². The summed E-state index contributed by atoms with van der Waals surface area (Å²) in [5.74, 6) is -0.280. The van der Waals surface area contributed by atoms with E-state index < -0.39 is 22.1 Å². The molecule has 126 valence electrons. The molecule has 0 radical (unpaired) electrons. The Hall–Kier alpha value is -2.58. The first kappa shape index (κ1) is 16.3. The second-order valence-corrected chi connectivity index (χ2v) is 6.93. The Morgan fingerprint density at radius 1 is 1.17 bits per heavy atom. The number of carbonyl (C=O) groups excluding carboxylic acids is 1. The zero-order valence-electron chi connectivity index (χ0n) is 12.5. The Bertz CT molecular complexity index is 864. The van der Waals surface area contributed by atoms with Gasteiger partial charge < -0.3 is 19.4 Å². The Morgan fingerprint density at radius 3 is 2.67 bits per heavy atom. The molecule has 1 heterocycles. The lowest BCUT2D eigenvalue weighted by Gasteiger charge is -2.26. The number of ether oxygens (including phenoxy) is 2. The highest BCUT2D eigenvalue weighted by Gasteiger charge is 2.23. The fraction of sp³-hybridized carbons (Fsp3) is 0.188. The lowest BCUT2D eigenvalue weighted by Crippen LogP contribution is -2.40. The average Bonchev–Trinajstić information content (AvgIpc) is 2.60. The number of hydrogen-bond acceptors (Lipinski definition) is 6. The summed E-state index contributed by atoms with van der Waals surface area (Å²) in [6.07, 6.45) is -0.487. The third-order valence-electron chi connectivity index (χ3n) is 3.45. The molecule has 7 nitrogen and oxygen atoms in total. The SMILES string of the molecule is O=C([O-])c1cccc(S(=O)(=O)NC[C@@H]2COc3ccccc3O2)c1. The summed E-state index contributed by atoms with van der Waals surface area (Å²) in [6, 6.07) is 12.1. The molecule has 0 spiro atoms. The molecular formula is C16H14NO6S-. The highest BCUT2D eigenvalue weighted by atomic mass is 32.2. The van der Waals surface area contributed by atoms with Gasteiger partial charge >= 0.3 is 0 Å². The molecule has 1 N–H and O–H groups in total. The van der Waals surface area contributed by atoms with Crippen LogP contribution >= 0.6 is 0 Å². The first-order valence-electron chi connectivity index (χ1n) is 7.15. The zero-order valence-corrected chi connectivity index (χ0v) is 13.3. The number of carboxylic acids is 1.